The van der Waals surface area contributed by atoms with E-state index in [0.29, 0.717) is 22.3 Å². The molecule has 0 unspecified atom stereocenters. The number of amides is 1. The third kappa shape index (κ3) is 4.88. The van der Waals surface area contributed by atoms with Gasteiger partial charge in [-0.25, -0.2) is 4.68 Å². The molecule has 0 bridgehead atoms. The van der Waals surface area contributed by atoms with Crippen LogP contribution >= 0.6 is 23.4 Å². The number of benzene rings is 2. The van der Waals surface area contributed by atoms with Crippen molar-refractivity contribution < 1.29 is 4.79 Å². The average molecular weight is 424 g/mol. The van der Waals surface area contributed by atoms with Crippen LogP contribution in [0.1, 0.15) is 11.4 Å². The minimum atomic E-state index is -0.121. The van der Waals surface area contributed by atoms with Crippen molar-refractivity contribution in [3.8, 4) is 0 Å². The lowest BCUT2D eigenvalue weighted by molar-refractivity contribution is -0.113. The monoisotopic (exact) mass is 423 g/mol. The zero-order chi connectivity index (χ0) is 20.1. The smallest absolute Gasteiger partial charge is 0.234 e. The van der Waals surface area contributed by atoms with Gasteiger partial charge < -0.3 is 5.32 Å². The first-order valence-electron chi connectivity index (χ1n) is 8.99. The number of halogens is 1. The van der Waals surface area contributed by atoms with Gasteiger partial charge in [-0.2, -0.15) is 0 Å². The fourth-order valence-corrected chi connectivity index (χ4v) is 3.70. The lowest BCUT2D eigenvalue weighted by atomic mass is 10.1. The topological polar surface area (TPSA) is 64.7 Å². The highest BCUT2D eigenvalue weighted by Crippen LogP contribution is 2.20. The Hall–Kier alpha value is -3.03. The predicted molar refractivity (Wildman–Crippen MR) is 115 cm³/mol. The Bertz CT molecular complexity index is 1080. The van der Waals surface area contributed by atoms with Gasteiger partial charge in [0.2, 0.25) is 11.1 Å². The van der Waals surface area contributed by atoms with Gasteiger partial charge in [-0.15, -0.1) is 10.2 Å². The summed E-state index contributed by atoms with van der Waals surface area (Å²) in [7, 11) is 0. The summed E-state index contributed by atoms with van der Waals surface area (Å²) in [6, 6.07) is 21.0. The number of hydrogen-bond acceptors (Lipinski definition) is 4. The first-order valence-corrected chi connectivity index (χ1v) is 10.4. The third-order valence-corrected chi connectivity index (χ3v) is 5.33. The summed E-state index contributed by atoms with van der Waals surface area (Å²) in [5.41, 5.74) is 1.85. The number of thioether (sulfide) groups is 1. The molecule has 29 heavy (non-hydrogen) atoms. The molecule has 1 amide bonds. The van der Waals surface area contributed by atoms with Gasteiger partial charge in [-0.3, -0.25) is 9.47 Å². The predicted octanol–water partition coefficient (Wildman–Crippen LogP) is 4.37. The second kappa shape index (κ2) is 8.98. The number of anilines is 1. The molecule has 2 aromatic heterocycles. The van der Waals surface area contributed by atoms with Crippen LogP contribution in [-0.4, -0.2) is 31.2 Å². The highest BCUT2D eigenvalue weighted by Gasteiger charge is 2.16. The molecule has 0 aliphatic carbocycles. The van der Waals surface area contributed by atoms with E-state index in [1.54, 1.807) is 24.3 Å². The SMILES string of the molecule is O=C(CSc1nnc(Cc2ccccc2)n1-n1cccc1)Nc1ccc(Cl)cc1. The van der Waals surface area contributed by atoms with E-state index in [0.717, 1.165) is 11.4 Å². The maximum Gasteiger partial charge on any atom is 0.234 e. The van der Waals surface area contributed by atoms with E-state index in [9.17, 15) is 4.79 Å². The van der Waals surface area contributed by atoms with E-state index >= 15 is 0 Å². The van der Waals surface area contributed by atoms with Crippen LogP contribution in [-0.2, 0) is 11.2 Å². The van der Waals surface area contributed by atoms with Gasteiger partial charge in [0.15, 0.2) is 5.82 Å². The Balaban J connectivity index is 1.49. The van der Waals surface area contributed by atoms with E-state index in [2.05, 4.69) is 27.6 Å². The molecule has 2 heterocycles. The zero-order valence-electron chi connectivity index (χ0n) is 15.4. The first kappa shape index (κ1) is 19.3. The van der Waals surface area contributed by atoms with Crippen LogP contribution < -0.4 is 5.32 Å². The van der Waals surface area contributed by atoms with Gasteiger partial charge in [0.1, 0.15) is 0 Å². The number of hydrogen-bond donors (Lipinski definition) is 1. The third-order valence-electron chi connectivity index (χ3n) is 4.16. The Labute approximate surface area is 177 Å². The van der Waals surface area contributed by atoms with Crippen LogP contribution in [0, 0.1) is 0 Å². The molecule has 0 aliphatic rings. The molecule has 0 saturated heterocycles. The molecule has 0 saturated carbocycles. The number of nitrogens with one attached hydrogen (secondary N) is 1. The zero-order valence-corrected chi connectivity index (χ0v) is 17.0. The van der Waals surface area contributed by atoms with Gasteiger partial charge >= 0.3 is 0 Å². The van der Waals surface area contributed by atoms with Gasteiger partial charge in [0.25, 0.3) is 0 Å². The molecule has 1 N–H and O–H groups in total. The van der Waals surface area contributed by atoms with Crippen molar-refractivity contribution in [1.29, 1.82) is 0 Å². The van der Waals surface area contributed by atoms with Gasteiger partial charge in [-0.05, 0) is 42.0 Å². The molecule has 6 nitrogen and oxygen atoms in total. The van der Waals surface area contributed by atoms with E-state index in [4.69, 9.17) is 11.6 Å². The minimum absolute atomic E-state index is 0.121. The summed E-state index contributed by atoms with van der Waals surface area (Å²) in [5, 5.41) is 12.8. The van der Waals surface area contributed by atoms with Crippen LogP contribution in [0.25, 0.3) is 0 Å². The first-order chi connectivity index (χ1) is 14.2. The van der Waals surface area contributed by atoms with Crippen molar-refractivity contribution in [2.45, 2.75) is 11.6 Å². The lowest BCUT2D eigenvalue weighted by Crippen LogP contribution is -2.16. The lowest BCUT2D eigenvalue weighted by Gasteiger charge is -2.11. The van der Waals surface area contributed by atoms with Crippen LogP contribution in [0.5, 0.6) is 0 Å². The van der Waals surface area contributed by atoms with Crippen LogP contribution in [0.2, 0.25) is 5.02 Å². The standard InChI is InChI=1S/C21H18ClN5OS/c22-17-8-10-18(11-9-17)23-20(28)15-29-21-25-24-19(14-16-6-2-1-3-7-16)27(21)26-12-4-5-13-26/h1-13H,14-15H2,(H,23,28). The summed E-state index contributed by atoms with van der Waals surface area (Å²) < 4.78 is 3.84. The molecule has 0 aliphatic heterocycles. The van der Waals surface area contributed by atoms with Crippen molar-refractivity contribution in [3.05, 3.63) is 95.5 Å². The van der Waals surface area contributed by atoms with Crippen LogP contribution in [0.3, 0.4) is 0 Å². The van der Waals surface area contributed by atoms with Crippen molar-refractivity contribution in [2.75, 3.05) is 11.1 Å². The number of aromatic nitrogens is 4. The highest BCUT2D eigenvalue weighted by molar-refractivity contribution is 7.99. The van der Waals surface area contributed by atoms with Gasteiger partial charge in [0, 0.05) is 29.5 Å². The number of rotatable bonds is 7. The summed E-state index contributed by atoms with van der Waals surface area (Å²) in [6.07, 6.45) is 4.49. The molecule has 0 radical (unpaired) electrons. The Morgan fingerprint density at radius 3 is 2.41 bits per heavy atom. The van der Waals surface area contributed by atoms with Crippen LogP contribution in [0.15, 0.2) is 84.3 Å². The van der Waals surface area contributed by atoms with Crippen molar-refractivity contribution in [1.82, 2.24) is 19.5 Å². The molecule has 4 aromatic rings. The fraction of sp³-hybridized carbons (Fsp3) is 0.0952. The summed E-state index contributed by atoms with van der Waals surface area (Å²) in [6.45, 7) is 0. The Morgan fingerprint density at radius 2 is 1.69 bits per heavy atom. The number of carbonyl (C=O) groups excluding carboxylic acids is 1. The summed E-state index contributed by atoms with van der Waals surface area (Å²) in [5.74, 6) is 0.893. The maximum absolute atomic E-state index is 12.3. The maximum atomic E-state index is 12.3. The van der Waals surface area contributed by atoms with Crippen LogP contribution in [0.4, 0.5) is 5.69 Å². The molecule has 0 spiro atoms. The molecule has 2 aromatic carbocycles. The molecule has 146 valence electrons. The van der Waals surface area contributed by atoms with Crippen molar-refractivity contribution in [2.24, 2.45) is 0 Å². The van der Waals surface area contributed by atoms with Crippen molar-refractivity contribution in [3.63, 3.8) is 0 Å². The van der Waals surface area contributed by atoms with E-state index in [1.165, 1.54) is 11.8 Å². The summed E-state index contributed by atoms with van der Waals surface area (Å²) in [4.78, 5) is 12.3. The van der Waals surface area contributed by atoms with Crippen molar-refractivity contribution >= 4 is 35.0 Å². The molecular formula is C21H18ClN5OS. The second-order valence-electron chi connectivity index (χ2n) is 6.28. The average Bonchev–Trinajstić information content (AvgIpc) is 3.39. The largest absolute Gasteiger partial charge is 0.325 e. The molecule has 4 rings (SSSR count). The highest BCUT2D eigenvalue weighted by atomic mass is 35.5. The van der Waals surface area contributed by atoms with E-state index < -0.39 is 0 Å². The Kier molecular flexibility index (Phi) is 5.97. The Morgan fingerprint density at radius 1 is 0.966 bits per heavy atom. The molecule has 0 atom stereocenters. The molecule has 0 fully saturated rings. The normalized spacial score (nSPS) is 10.8. The fourth-order valence-electron chi connectivity index (χ4n) is 2.83. The molecule has 8 heteroatoms. The summed E-state index contributed by atoms with van der Waals surface area (Å²) >= 11 is 7.22. The van der Waals surface area contributed by atoms with E-state index in [1.807, 2.05) is 52.1 Å². The molecular weight excluding hydrogens is 406 g/mol. The van der Waals surface area contributed by atoms with Gasteiger partial charge in [0.05, 0.1) is 5.75 Å². The number of carbonyl (C=O) groups is 1. The quantitative estimate of drug-likeness (QED) is 0.448. The van der Waals surface area contributed by atoms with Gasteiger partial charge in [-0.1, -0.05) is 53.7 Å². The number of nitrogens with zero attached hydrogens (tertiary/aromatic N) is 4. The second-order valence-corrected chi connectivity index (χ2v) is 7.66. The minimum Gasteiger partial charge on any atom is -0.325 e. The van der Waals surface area contributed by atoms with E-state index in [-0.39, 0.29) is 11.7 Å².